The average Bonchev–Trinajstić information content (AvgIpc) is 3.18. The molecule has 1 fully saturated rings. The van der Waals surface area contributed by atoms with Crippen molar-refractivity contribution in [2.45, 2.75) is 50.2 Å². The summed E-state index contributed by atoms with van der Waals surface area (Å²) in [5.74, 6) is -4.28. The third kappa shape index (κ3) is 8.46. The van der Waals surface area contributed by atoms with Gasteiger partial charge in [-0.05, 0) is 25.7 Å². The number of carbonyl (C=O) groups excluding carboxylic acids is 4. The quantitative estimate of drug-likeness (QED) is 0.0880. The molecule has 14 nitrogen and oxygen atoms in total. The molecule has 3 atom stereocenters. The number of carboxylic acids is 1. The highest BCUT2D eigenvalue weighted by Gasteiger charge is 2.35. The SMILES string of the molecule is NCC(=O)N1CCCC1C(=O)NC(CCCN=C(N)N)C(=O)NC(CC(N)=O)C(=O)O. The number of primary amides is 1. The van der Waals surface area contributed by atoms with E-state index in [1.54, 1.807) is 0 Å². The Labute approximate surface area is 178 Å². The summed E-state index contributed by atoms with van der Waals surface area (Å²) >= 11 is 0. The summed E-state index contributed by atoms with van der Waals surface area (Å²) in [5, 5.41) is 13.9. The van der Waals surface area contributed by atoms with E-state index < -0.39 is 48.2 Å². The van der Waals surface area contributed by atoms with E-state index in [9.17, 15) is 29.1 Å². The molecule has 1 rings (SSSR count). The molecule has 3 unspecified atom stereocenters. The summed E-state index contributed by atoms with van der Waals surface area (Å²) in [7, 11) is 0. The first-order chi connectivity index (χ1) is 14.6. The minimum Gasteiger partial charge on any atom is -0.480 e. The van der Waals surface area contributed by atoms with Gasteiger partial charge in [0.2, 0.25) is 23.6 Å². The number of nitrogens with one attached hydrogen (secondary N) is 2. The number of aliphatic carboxylic acids is 1. The average molecular weight is 442 g/mol. The fourth-order valence-corrected chi connectivity index (χ4v) is 3.17. The second-order valence-electron chi connectivity index (χ2n) is 7.03. The molecule has 4 amide bonds. The third-order valence-electron chi connectivity index (χ3n) is 4.65. The van der Waals surface area contributed by atoms with Crippen molar-refractivity contribution in [3.05, 3.63) is 0 Å². The lowest BCUT2D eigenvalue weighted by Crippen LogP contribution is -2.56. The van der Waals surface area contributed by atoms with Gasteiger partial charge in [0.1, 0.15) is 18.1 Å². The van der Waals surface area contributed by atoms with Crippen LogP contribution in [0, 0.1) is 0 Å². The summed E-state index contributed by atoms with van der Waals surface area (Å²) < 4.78 is 0. The van der Waals surface area contributed by atoms with Crippen molar-refractivity contribution in [2.75, 3.05) is 19.6 Å². The number of nitrogens with two attached hydrogens (primary N) is 4. The predicted octanol–water partition coefficient (Wildman–Crippen LogP) is -4.08. The van der Waals surface area contributed by atoms with Gasteiger partial charge in [-0.2, -0.15) is 0 Å². The van der Waals surface area contributed by atoms with Gasteiger partial charge in [-0.1, -0.05) is 0 Å². The van der Waals surface area contributed by atoms with Crippen LogP contribution in [0.5, 0.6) is 0 Å². The van der Waals surface area contributed by atoms with Gasteiger partial charge in [0, 0.05) is 13.1 Å². The molecule has 1 saturated heterocycles. The topological polar surface area (TPSA) is 249 Å². The number of amides is 4. The number of guanidine groups is 1. The van der Waals surface area contributed by atoms with Gasteiger partial charge in [0.15, 0.2) is 5.96 Å². The minimum absolute atomic E-state index is 0.0782. The van der Waals surface area contributed by atoms with Gasteiger partial charge < -0.3 is 43.6 Å². The fraction of sp³-hybridized carbons (Fsp3) is 0.647. The number of hydrogen-bond acceptors (Lipinski definition) is 7. The molecule has 14 heteroatoms. The van der Waals surface area contributed by atoms with Crippen LogP contribution in [0.15, 0.2) is 4.99 Å². The Morgan fingerprint density at radius 2 is 1.77 bits per heavy atom. The highest BCUT2D eigenvalue weighted by Crippen LogP contribution is 2.17. The lowest BCUT2D eigenvalue weighted by Gasteiger charge is -2.26. The molecule has 0 spiro atoms. The maximum atomic E-state index is 12.7. The molecule has 1 heterocycles. The van der Waals surface area contributed by atoms with E-state index in [2.05, 4.69) is 15.6 Å². The van der Waals surface area contributed by atoms with Crippen LogP contribution in [0.2, 0.25) is 0 Å². The molecule has 31 heavy (non-hydrogen) atoms. The standard InChI is InChI=1S/C17H30N8O6/c18-8-13(27)25-6-2-4-11(25)15(29)23-9(3-1-5-22-17(20)21)14(28)24-10(16(30)31)7-12(19)26/h9-11H,1-8,18H2,(H2,19,26)(H,23,29)(H,24,28)(H,30,31)(H4,20,21,22). The molecular formula is C17H30N8O6. The van der Waals surface area contributed by atoms with Gasteiger partial charge in [-0.25, -0.2) is 4.79 Å². The fourth-order valence-electron chi connectivity index (χ4n) is 3.17. The van der Waals surface area contributed by atoms with Gasteiger partial charge >= 0.3 is 5.97 Å². The Hall–Kier alpha value is -3.42. The Morgan fingerprint density at radius 3 is 2.32 bits per heavy atom. The minimum atomic E-state index is -1.55. The Balaban J connectivity index is 2.91. The van der Waals surface area contributed by atoms with Gasteiger partial charge in [-0.15, -0.1) is 0 Å². The zero-order valence-corrected chi connectivity index (χ0v) is 17.1. The summed E-state index contributed by atoms with van der Waals surface area (Å²) in [4.78, 5) is 64.9. The molecule has 0 radical (unpaired) electrons. The van der Waals surface area contributed by atoms with Crippen molar-refractivity contribution in [2.24, 2.45) is 27.9 Å². The zero-order valence-electron chi connectivity index (χ0n) is 17.1. The molecule has 1 aliphatic heterocycles. The molecular weight excluding hydrogens is 412 g/mol. The number of carboxylic acid groups (broad SMARTS) is 1. The molecule has 0 bridgehead atoms. The molecule has 11 N–H and O–H groups in total. The number of hydrogen-bond donors (Lipinski definition) is 7. The van der Waals surface area contributed by atoms with Crippen molar-refractivity contribution in [3.8, 4) is 0 Å². The summed E-state index contributed by atoms with van der Waals surface area (Å²) in [5.41, 5.74) is 20.9. The van der Waals surface area contributed by atoms with Crippen molar-refractivity contribution in [1.29, 1.82) is 0 Å². The molecule has 174 valence electrons. The van der Waals surface area contributed by atoms with E-state index in [1.807, 2.05) is 0 Å². The van der Waals surface area contributed by atoms with Crippen LogP contribution in [0.4, 0.5) is 0 Å². The first-order valence-electron chi connectivity index (χ1n) is 9.73. The van der Waals surface area contributed by atoms with Crippen LogP contribution >= 0.6 is 0 Å². The van der Waals surface area contributed by atoms with E-state index in [4.69, 9.17) is 22.9 Å². The van der Waals surface area contributed by atoms with Crippen molar-refractivity contribution in [3.63, 3.8) is 0 Å². The monoisotopic (exact) mass is 442 g/mol. The summed E-state index contributed by atoms with van der Waals surface area (Å²) in [6, 6.07) is -3.49. The molecule has 0 aromatic carbocycles. The number of likely N-dealkylation sites (tertiary alicyclic amines) is 1. The lowest BCUT2D eigenvalue weighted by molar-refractivity contribution is -0.144. The maximum Gasteiger partial charge on any atom is 0.326 e. The Kier molecular flexibility index (Phi) is 10.2. The number of aliphatic imine (C=N–C) groups is 1. The van der Waals surface area contributed by atoms with Crippen LogP contribution < -0.4 is 33.6 Å². The van der Waals surface area contributed by atoms with Crippen molar-refractivity contribution in [1.82, 2.24) is 15.5 Å². The highest BCUT2D eigenvalue weighted by atomic mass is 16.4. The largest absolute Gasteiger partial charge is 0.480 e. The maximum absolute atomic E-state index is 12.7. The van der Waals surface area contributed by atoms with Crippen LogP contribution in [0.25, 0.3) is 0 Å². The molecule has 0 aromatic rings. The van der Waals surface area contributed by atoms with E-state index in [-0.39, 0.29) is 31.4 Å². The van der Waals surface area contributed by atoms with Crippen LogP contribution in [-0.4, -0.2) is 83.3 Å². The summed E-state index contributed by atoms with van der Waals surface area (Å²) in [6.07, 6.45) is 0.760. The van der Waals surface area contributed by atoms with Crippen molar-refractivity contribution < 1.29 is 29.1 Å². The van der Waals surface area contributed by atoms with Crippen LogP contribution in [-0.2, 0) is 24.0 Å². The van der Waals surface area contributed by atoms with Gasteiger partial charge in [-0.3, -0.25) is 24.2 Å². The van der Waals surface area contributed by atoms with Crippen LogP contribution in [0.1, 0.15) is 32.1 Å². The molecule has 0 aromatic heterocycles. The lowest BCUT2D eigenvalue weighted by atomic mass is 10.1. The van der Waals surface area contributed by atoms with Crippen molar-refractivity contribution >= 4 is 35.6 Å². The van der Waals surface area contributed by atoms with Gasteiger partial charge in [0.05, 0.1) is 13.0 Å². The molecule has 1 aliphatic rings. The molecule has 0 saturated carbocycles. The normalized spacial score (nSPS) is 17.3. The Morgan fingerprint density at radius 1 is 1.10 bits per heavy atom. The number of carbonyl (C=O) groups is 5. The second-order valence-corrected chi connectivity index (χ2v) is 7.03. The number of rotatable bonds is 12. The van der Waals surface area contributed by atoms with E-state index in [1.165, 1.54) is 4.90 Å². The smallest absolute Gasteiger partial charge is 0.326 e. The molecule has 0 aliphatic carbocycles. The zero-order chi connectivity index (χ0) is 23.6. The first kappa shape index (κ1) is 25.6. The highest BCUT2D eigenvalue weighted by molar-refractivity contribution is 5.94. The van der Waals surface area contributed by atoms with Crippen LogP contribution in [0.3, 0.4) is 0 Å². The number of nitrogens with zero attached hydrogens (tertiary/aromatic N) is 2. The van der Waals surface area contributed by atoms with E-state index in [0.29, 0.717) is 25.8 Å². The Bertz CT molecular complexity index is 723. The van der Waals surface area contributed by atoms with E-state index in [0.717, 1.165) is 0 Å². The van der Waals surface area contributed by atoms with E-state index >= 15 is 0 Å². The first-order valence-corrected chi connectivity index (χ1v) is 9.73. The third-order valence-corrected chi connectivity index (χ3v) is 4.65. The summed E-state index contributed by atoms with van der Waals surface area (Å²) in [6.45, 7) is 0.293. The van der Waals surface area contributed by atoms with Gasteiger partial charge in [0.25, 0.3) is 0 Å². The predicted molar refractivity (Wildman–Crippen MR) is 109 cm³/mol. The second kappa shape index (κ2) is 12.3.